The van der Waals surface area contributed by atoms with Crippen molar-refractivity contribution in [3.05, 3.63) is 58.2 Å². The number of aromatic amines is 1. The molecule has 0 bridgehead atoms. The van der Waals surface area contributed by atoms with Gasteiger partial charge in [-0.15, -0.1) is 11.3 Å². The molecule has 0 aliphatic carbocycles. The monoisotopic (exact) mass is 312 g/mol. The first kappa shape index (κ1) is 14.5. The highest BCUT2D eigenvalue weighted by Crippen LogP contribution is 2.20. The van der Waals surface area contributed by atoms with Crippen molar-refractivity contribution < 1.29 is 4.79 Å². The van der Waals surface area contributed by atoms with Crippen LogP contribution >= 0.6 is 11.3 Å². The number of hydrogen-bond acceptors (Lipinski definition) is 4. The number of nitrogens with zero attached hydrogens (tertiary/aromatic N) is 2. The molecule has 1 amide bonds. The Hall–Kier alpha value is -2.47. The zero-order chi connectivity index (χ0) is 15.4. The Morgan fingerprint density at radius 3 is 2.86 bits per heavy atom. The molecule has 0 atom stereocenters. The fraction of sp³-hybridized carbons (Fsp3) is 0.188. The van der Waals surface area contributed by atoms with Gasteiger partial charge < -0.3 is 5.32 Å². The first-order valence-electron chi connectivity index (χ1n) is 7.08. The van der Waals surface area contributed by atoms with Crippen molar-refractivity contribution in [3.8, 4) is 11.3 Å². The van der Waals surface area contributed by atoms with Crippen molar-refractivity contribution in [2.24, 2.45) is 0 Å². The summed E-state index contributed by atoms with van der Waals surface area (Å²) in [5.41, 5.74) is 3.26. The van der Waals surface area contributed by atoms with E-state index in [1.54, 1.807) is 17.5 Å². The van der Waals surface area contributed by atoms with Crippen molar-refractivity contribution in [3.63, 3.8) is 0 Å². The molecular formula is C16H16N4OS. The number of amides is 1. The standard InChI is InChI=1S/C16H16N4OS/c1-2-12-10-22-14(19-12)9-17-16(21)13-8-18-20-15(13)11-6-4-3-5-7-11/h3-8,10H,2,9H2,1H3,(H,17,21)(H,18,20). The van der Waals surface area contributed by atoms with E-state index in [1.165, 1.54) is 0 Å². The summed E-state index contributed by atoms with van der Waals surface area (Å²) in [6.45, 7) is 2.50. The summed E-state index contributed by atoms with van der Waals surface area (Å²) in [5, 5.41) is 12.7. The molecule has 0 unspecified atom stereocenters. The zero-order valence-corrected chi connectivity index (χ0v) is 13.0. The average molecular weight is 312 g/mol. The molecule has 5 nitrogen and oxygen atoms in total. The van der Waals surface area contributed by atoms with Crippen molar-refractivity contribution in [2.75, 3.05) is 0 Å². The molecule has 22 heavy (non-hydrogen) atoms. The van der Waals surface area contributed by atoms with Crippen LogP contribution in [0.15, 0.2) is 41.9 Å². The number of rotatable bonds is 5. The third-order valence-electron chi connectivity index (χ3n) is 3.31. The summed E-state index contributed by atoms with van der Waals surface area (Å²) >= 11 is 1.56. The van der Waals surface area contributed by atoms with Crippen LogP contribution in [-0.4, -0.2) is 21.1 Å². The summed E-state index contributed by atoms with van der Waals surface area (Å²) in [6.07, 6.45) is 2.46. The average Bonchev–Trinajstić information content (AvgIpc) is 3.22. The van der Waals surface area contributed by atoms with Gasteiger partial charge in [-0.1, -0.05) is 37.3 Å². The van der Waals surface area contributed by atoms with E-state index in [4.69, 9.17) is 0 Å². The highest BCUT2D eigenvalue weighted by atomic mass is 32.1. The molecule has 0 fully saturated rings. The number of hydrogen-bond donors (Lipinski definition) is 2. The minimum absolute atomic E-state index is 0.152. The Labute approximate surface area is 132 Å². The Morgan fingerprint density at radius 1 is 1.32 bits per heavy atom. The molecule has 1 aromatic carbocycles. The van der Waals surface area contributed by atoms with Gasteiger partial charge in [0.25, 0.3) is 5.91 Å². The molecule has 2 aromatic heterocycles. The lowest BCUT2D eigenvalue weighted by Gasteiger charge is -2.04. The van der Waals surface area contributed by atoms with E-state index in [0.717, 1.165) is 28.4 Å². The maximum absolute atomic E-state index is 12.4. The van der Waals surface area contributed by atoms with Gasteiger partial charge in [0.2, 0.25) is 0 Å². The van der Waals surface area contributed by atoms with E-state index in [0.29, 0.717) is 12.1 Å². The van der Waals surface area contributed by atoms with Gasteiger partial charge >= 0.3 is 0 Å². The maximum atomic E-state index is 12.4. The highest BCUT2D eigenvalue weighted by Gasteiger charge is 2.15. The van der Waals surface area contributed by atoms with Crippen molar-refractivity contribution in [1.82, 2.24) is 20.5 Å². The predicted octanol–water partition coefficient (Wildman–Crippen LogP) is 3.03. The summed E-state index contributed by atoms with van der Waals surface area (Å²) in [6, 6.07) is 9.68. The van der Waals surface area contributed by atoms with Gasteiger partial charge in [0.1, 0.15) is 5.01 Å². The fourth-order valence-electron chi connectivity index (χ4n) is 2.13. The molecule has 3 aromatic rings. The van der Waals surface area contributed by atoms with Crippen LogP contribution in [-0.2, 0) is 13.0 Å². The van der Waals surface area contributed by atoms with Crippen LogP contribution in [0.3, 0.4) is 0 Å². The van der Waals surface area contributed by atoms with Gasteiger partial charge in [0.15, 0.2) is 0 Å². The van der Waals surface area contributed by atoms with Crippen LogP contribution in [0.5, 0.6) is 0 Å². The molecule has 0 spiro atoms. The van der Waals surface area contributed by atoms with E-state index in [-0.39, 0.29) is 5.91 Å². The SMILES string of the molecule is CCc1csc(CNC(=O)c2cn[nH]c2-c2ccccc2)n1. The lowest BCUT2D eigenvalue weighted by atomic mass is 10.1. The number of aromatic nitrogens is 3. The minimum atomic E-state index is -0.152. The van der Waals surface area contributed by atoms with Crippen LogP contribution < -0.4 is 5.32 Å². The highest BCUT2D eigenvalue weighted by molar-refractivity contribution is 7.09. The maximum Gasteiger partial charge on any atom is 0.255 e. The summed E-state index contributed by atoms with van der Waals surface area (Å²) in [4.78, 5) is 16.8. The fourth-order valence-corrected chi connectivity index (χ4v) is 2.94. The molecular weight excluding hydrogens is 296 g/mol. The molecule has 0 saturated heterocycles. The van der Waals surface area contributed by atoms with Gasteiger partial charge in [0.05, 0.1) is 29.7 Å². The van der Waals surface area contributed by atoms with Gasteiger partial charge in [0, 0.05) is 10.9 Å². The third-order valence-corrected chi connectivity index (χ3v) is 4.21. The lowest BCUT2D eigenvalue weighted by Crippen LogP contribution is -2.22. The molecule has 3 rings (SSSR count). The van der Waals surface area contributed by atoms with Crippen LogP contribution in [0.1, 0.15) is 28.0 Å². The lowest BCUT2D eigenvalue weighted by molar-refractivity contribution is 0.0951. The first-order chi connectivity index (χ1) is 10.8. The molecule has 0 aliphatic rings. The van der Waals surface area contributed by atoms with E-state index < -0.39 is 0 Å². The largest absolute Gasteiger partial charge is 0.345 e. The van der Waals surface area contributed by atoms with Gasteiger partial charge in [-0.3, -0.25) is 9.89 Å². The zero-order valence-electron chi connectivity index (χ0n) is 12.2. The number of carbonyl (C=O) groups excluding carboxylic acids is 1. The van der Waals surface area contributed by atoms with E-state index in [9.17, 15) is 4.79 Å². The summed E-state index contributed by atoms with van der Waals surface area (Å²) in [5.74, 6) is -0.152. The number of benzene rings is 1. The quantitative estimate of drug-likeness (QED) is 0.761. The smallest absolute Gasteiger partial charge is 0.255 e. The van der Waals surface area contributed by atoms with Crippen molar-refractivity contribution in [1.29, 1.82) is 0 Å². The number of thiazole rings is 1. The Bertz CT molecular complexity index is 763. The van der Waals surface area contributed by atoms with Crippen LogP contribution in [0.2, 0.25) is 0 Å². The molecule has 0 saturated carbocycles. The molecule has 0 radical (unpaired) electrons. The molecule has 112 valence electrons. The number of carbonyl (C=O) groups is 1. The summed E-state index contributed by atoms with van der Waals surface area (Å²) in [7, 11) is 0. The third kappa shape index (κ3) is 3.07. The second-order valence-electron chi connectivity index (χ2n) is 4.79. The van der Waals surface area contributed by atoms with Crippen molar-refractivity contribution in [2.45, 2.75) is 19.9 Å². The number of nitrogens with one attached hydrogen (secondary N) is 2. The molecule has 6 heteroatoms. The number of aryl methyl sites for hydroxylation is 1. The normalized spacial score (nSPS) is 10.6. The van der Waals surface area contributed by atoms with Gasteiger partial charge in [-0.2, -0.15) is 5.10 Å². The first-order valence-corrected chi connectivity index (χ1v) is 7.96. The van der Waals surface area contributed by atoms with E-state index >= 15 is 0 Å². The van der Waals surface area contributed by atoms with Crippen molar-refractivity contribution >= 4 is 17.2 Å². The van der Waals surface area contributed by atoms with E-state index in [2.05, 4.69) is 27.4 Å². The van der Waals surface area contributed by atoms with Gasteiger partial charge in [-0.25, -0.2) is 4.98 Å². The molecule has 2 heterocycles. The Kier molecular flexibility index (Phi) is 4.29. The minimum Gasteiger partial charge on any atom is -0.345 e. The second kappa shape index (κ2) is 6.53. The van der Waals surface area contributed by atoms with Crippen LogP contribution in [0.25, 0.3) is 11.3 Å². The summed E-state index contributed by atoms with van der Waals surface area (Å²) < 4.78 is 0. The molecule has 2 N–H and O–H groups in total. The van der Waals surface area contributed by atoms with E-state index in [1.807, 2.05) is 35.7 Å². The van der Waals surface area contributed by atoms with Crippen LogP contribution in [0.4, 0.5) is 0 Å². The topological polar surface area (TPSA) is 70.7 Å². The Morgan fingerprint density at radius 2 is 2.14 bits per heavy atom. The van der Waals surface area contributed by atoms with Gasteiger partial charge in [-0.05, 0) is 6.42 Å². The Balaban J connectivity index is 1.72. The number of H-pyrrole nitrogens is 1. The predicted molar refractivity (Wildman–Crippen MR) is 86.7 cm³/mol. The van der Waals surface area contributed by atoms with Crippen LogP contribution in [0, 0.1) is 0 Å². The molecule has 0 aliphatic heterocycles. The second-order valence-corrected chi connectivity index (χ2v) is 5.74.